The number of fused-ring (bicyclic) bond motifs is 1. The van der Waals surface area contributed by atoms with Crippen LogP contribution in [-0.2, 0) is 18.4 Å². The Balaban J connectivity index is 1.49. The first-order valence-electron chi connectivity index (χ1n) is 7.99. The number of aromatic nitrogens is 4. The number of nitrogens with zero attached hydrogens (tertiary/aromatic N) is 4. The van der Waals surface area contributed by atoms with Crippen LogP contribution in [-0.4, -0.2) is 45.5 Å². The van der Waals surface area contributed by atoms with Gasteiger partial charge in [0.1, 0.15) is 36.4 Å². The molecule has 0 atom stereocenters. The van der Waals surface area contributed by atoms with Gasteiger partial charge in [0.05, 0.1) is 19.9 Å². The van der Waals surface area contributed by atoms with Crippen LogP contribution in [0.3, 0.4) is 0 Å². The van der Waals surface area contributed by atoms with Crippen molar-refractivity contribution in [3.8, 4) is 11.5 Å². The molecule has 0 aliphatic heterocycles. The average molecular weight is 357 g/mol. The normalized spacial score (nSPS) is 10.7. The Morgan fingerprint density at radius 3 is 2.69 bits per heavy atom. The van der Waals surface area contributed by atoms with Crippen LogP contribution in [0.2, 0.25) is 0 Å². The second-order valence-corrected chi connectivity index (χ2v) is 5.56. The molecule has 1 aromatic carbocycles. The highest BCUT2D eigenvalue weighted by atomic mass is 16.5. The number of ether oxygens (including phenoxy) is 2. The number of carbonyl (C=O) groups excluding carboxylic acids is 1. The maximum absolute atomic E-state index is 12.3. The first kappa shape index (κ1) is 17.5. The number of nitrogens with one attached hydrogen (secondary N) is 1. The van der Waals surface area contributed by atoms with Crippen molar-refractivity contribution in [1.82, 2.24) is 24.6 Å². The quantitative estimate of drug-likeness (QED) is 0.612. The van der Waals surface area contributed by atoms with E-state index in [2.05, 4.69) is 15.4 Å². The van der Waals surface area contributed by atoms with E-state index in [1.807, 2.05) is 0 Å². The van der Waals surface area contributed by atoms with Gasteiger partial charge in [0, 0.05) is 7.05 Å². The molecule has 0 saturated carbocycles. The lowest BCUT2D eigenvalue weighted by Gasteiger charge is -2.09. The van der Waals surface area contributed by atoms with E-state index in [1.54, 1.807) is 38.4 Å². The van der Waals surface area contributed by atoms with Crippen LogP contribution in [0.25, 0.3) is 11.0 Å². The Labute approximate surface area is 149 Å². The molecule has 2 aromatic heterocycles. The summed E-state index contributed by atoms with van der Waals surface area (Å²) in [5.41, 5.74) is 0.187. The lowest BCUT2D eigenvalue weighted by Crippen LogP contribution is -2.34. The monoisotopic (exact) mass is 357 g/mol. The molecule has 2 heterocycles. The summed E-state index contributed by atoms with van der Waals surface area (Å²) in [7, 11) is 3.30. The minimum atomic E-state index is -0.298. The molecule has 1 N–H and O–H groups in total. The molecule has 1 amide bonds. The number of rotatable bonds is 7. The van der Waals surface area contributed by atoms with Gasteiger partial charge in [-0.1, -0.05) is 0 Å². The molecule has 3 aromatic rings. The maximum atomic E-state index is 12.3. The van der Waals surface area contributed by atoms with Crippen molar-refractivity contribution in [1.29, 1.82) is 0 Å². The number of benzene rings is 1. The Kier molecular flexibility index (Phi) is 5.16. The molecule has 9 nitrogen and oxygen atoms in total. The van der Waals surface area contributed by atoms with Crippen molar-refractivity contribution in [3.05, 3.63) is 47.1 Å². The Morgan fingerprint density at radius 1 is 1.23 bits per heavy atom. The third-order valence-corrected chi connectivity index (χ3v) is 3.78. The van der Waals surface area contributed by atoms with Crippen molar-refractivity contribution < 1.29 is 14.3 Å². The minimum absolute atomic E-state index is 0.112. The van der Waals surface area contributed by atoms with E-state index in [0.29, 0.717) is 29.9 Å². The summed E-state index contributed by atoms with van der Waals surface area (Å²) >= 11 is 0. The lowest BCUT2D eigenvalue weighted by molar-refractivity contribution is -0.121. The van der Waals surface area contributed by atoms with Gasteiger partial charge in [-0.3, -0.25) is 18.8 Å². The zero-order chi connectivity index (χ0) is 18.5. The van der Waals surface area contributed by atoms with Crippen molar-refractivity contribution >= 4 is 16.9 Å². The molecule has 0 fully saturated rings. The molecule has 0 aliphatic carbocycles. The summed E-state index contributed by atoms with van der Waals surface area (Å²) in [5.74, 6) is 1.13. The van der Waals surface area contributed by atoms with Crippen LogP contribution in [0, 0.1) is 0 Å². The molecule has 0 aliphatic rings. The number of amides is 1. The first-order valence-corrected chi connectivity index (χ1v) is 7.99. The molecule has 0 radical (unpaired) electrons. The topological polar surface area (TPSA) is 100 Å². The van der Waals surface area contributed by atoms with Gasteiger partial charge in [-0.25, -0.2) is 4.98 Å². The summed E-state index contributed by atoms with van der Waals surface area (Å²) < 4.78 is 13.4. The third kappa shape index (κ3) is 3.82. The van der Waals surface area contributed by atoms with Gasteiger partial charge in [0.25, 0.3) is 5.56 Å². The summed E-state index contributed by atoms with van der Waals surface area (Å²) in [6.45, 7) is 0.522. The Hall–Kier alpha value is -3.36. The highest BCUT2D eigenvalue weighted by Crippen LogP contribution is 2.16. The lowest BCUT2D eigenvalue weighted by atomic mass is 10.3. The molecule has 9 heteroatoms. The van der Waals surface area contributed by atoms with E-state index in [4.69, 9.17) is 9.47 Å². The van der Waals surface area contributed by atoms with Crippen molar-refractivity contribution in [2.45, 2.75) is 6.54 Å². The first-order chi connectivity index (χ1) is 12.6. The number of methoxy groups -OCH3 is 1. The SMILES string of the molecule is COc1ccc(OCCNC(=O)Cn2cnc3c(cnn3C)c2=O)cc1. The fourth-order valence-corrected chi connectivity index (χ4v) is 2.42. The molecule has 0 bridgehead atoms. The molecular weight excluding hydrogens is 338 g/mol. The fourth-order valence-electron chi connectivity index (χ4n) is 2.42. The van der Waals surface area contributed by atoms with Crippen LogP contribution in [0.4, 0.5) is 0 Å². The average Bonchev–Trinajstić information content (AvgIpc) is 3.03. The highest BCUT2D eigenvalue weighted by molar-refractivity contribution is 5.77. The third-order valence-electron chi connectivity index (χ3n) is 3.78. The molecule has 3 rings (SSSR count). The van der Waals surface area contributed by atoms with Crippen LogP contribution in [0.1, 0.15) is 0 Å². The van der Waals surface area contributed by atoms with Crippen LogP contribution in [0.15, 0.2) is 41.6 Å². The number of hydrogen-bond acceptors (Lipinski definition) is 6. The van der Waals surface area contributed by atoms with E-state index in [9.17, 15) is 9.59 Å². The molecule has 0 unspecified atom stereocenters. The predicted octanol–water partition coefficient (Wildman–Crippen LogP) is 0.334. The number of aryl methyl sites for hydroxylation is 1. The highest BCUT2D eigenvalue weighted by Gasteiger charge is 2.10. The van der Waals surface area contributed by atoms with E-state index in [-0.39, 0.29) is 18.0 Å². The van der Waals surface area contributed by atoms with E-state index < -0.39 is 0 Å². The second kappa shape index (κ2) is 7.68. The molecule has 136 valence electrons. The molecule has 0 saturated heterocycles. The Morgan fingerprint density at radius 2 is 1.96 bits per heavy atom. The van der Waals surface area contributed by atoms with Gasteiger partial charge in [0.15, 0.2) is 5.65 Å². The Bertz CT molecular complexity index is 961. The van der Waals surface area contributed by atoms with Gasteiger partial charge < -0.3 is 14.8 Å². The number of carbonyl (C=O) groups is 1. The second-order valence-electron chi connectivity index (χ2n) is 5.56. The van der Waals surface area contributed by atoms with Gasteiger partial charge in [0.2, 0.25) is 5.91 Å². The van der Waals surface area contributed by atoms with E-state index in [0.717, 1.165) is 5.75 Å². The zero-order valence-corrected chi connectivity index (χ0v) is 14.5. The van der Waals surface area contributed by atoms with Crippen molar-refractivity contribution in [3.63, 3.8) is 0 Å². The van der Waals surface area contributed by atoms with E-state index in [1.165, 1.54) is 21.8 Å². The molecule has 26 heavy (non-hydrogen) atoms. The molecule has 0 spiro atoms. The fraction of sp³-hybridized carbons (Fsp3) is 0.294. The summed E-state index contributed by atoms with van der Waals surface area (Å²) in [6.07, 6.45) is 2.79. The summed E-state index contributed by atoms with van der Waals surface area (Å²) in [4.78, 5) is 28.5. The van der Waals surface area contributed by atoms with Gasteiger partial charge >= 0.3 is 0 Å². The standard InChI is InChI=1S/C17H19N5O4/c1-21-16-14(9-20-21)17(24)22(11-19-16)10-15(23)18-7-8-26-13-5-3-12(25-2)4-6-13/h3-6,9,11H,7-8,10H2,1-2H3,(H,18,23). The summed E-state index contributed by atoms with van der Waals surface area (Å²) in [6, 6.07) is 7.16. The van der Waals surface area contributed by atoms with Crippen LogP contribution < -0.4 is 20.3 Å². The minimum Gasteiger partial charge on any atom is -0.497 e. The molecular formula is C17H19N5O4. The van der Waals surface area contributed by atoms with Gasteiger partial charge in [-0.15, -0.1) is 0 Å². The predicted molar refractivity (Wildman–Crippen MR) is 94.3 cm³/mol. The van der Waals surface area contributed by atoms with E-state index >= 15 is 0 Å². The smallest absolute Gasteiger partial charge is 0.264 e. The van der Waals surface area contributed by atoms with Crippen LogP contribution >= 0.6 is 0 Å². The largest absolute Gasteiger partial charge is 0.497 e. The van der Waals surface area contributed by atoms with Crippen LogP contribution in [0.5, 0.6) is 11.5 Å². The van der Waals surface area contributed by atoms with Gasteiger partial charge in [-0.2, -0.15) is 5.10 Å². The van der Waals surface area contributed by atoms with Crippen molar-refractivity contribution in [2.24, 2.45) is 7.05 Å². The van der Waals surface area contributed by atoms with Gasteiger partial charge in [-0.05, 0) is 24.3 Å². The van der Waals surface area contributed by atoms with Crippen molar-refractivity contribution in [2.75, 3.05) is 20.3 Å². The zero-order valence-electron chi connectivity index (χ0n) is 14.5. The summed E-state index contributed by atoms with van der Waals surface area (Å²) in [5, 5.41) is 7.08. The maximum Gasteiger partial charge on any atom is 0.264 e. The number of hydrogen-bond donors (Lipinski definition) is 1.